The number of benzene rings is 1. The first kappa shape index (κ1) is 17.0. The number of carbonyl (C=O) groups is 1. The van der Waals surface area contributed by atoms with Crippen LogP contribution in [0.4, 0.5) is 0 Å². The number of carbonyl (C=O) groups excluding carboxylic acids is 1. The predicted octanol–water partition coefficient (Wildman–Crippen LogP) is 2.02. The Hall–Kier alpha value is -2.87. The summed E-state index contributed by atoms with van der Waals surface area (Å²) < 4.78 is 1.35. The van der Waals surface area contributed by atoms with Crippen LogP contribution < -0.4 is 11.2 Å². The molecule has 2 aromatic heterocycles. The van der Waals surface area contributed by atoms with Gasteiger partial charge in [0.15, 0.2) is 0 Å². The minimum absolute atomic E-state index is 0.0610. The summed E-state index contributed by atoms with van der Waals surface area (Å²) in [5, 5.41) is 11.5. The fraction of sp³-hybridized carbons (Fsp3) is 0.176. The van der Waals surface area contributed by atoms with Gasteiger partial charge in [0.05, 0.1) is 11.8 Å². The summed E-state index contributed by atoms with van der Waals surface area (Å²) in [6.45, 7) is 1.95. The summed E-state index contributed by atoms with van der Waals surface area (Å²) in [5.74, 6) is 6.58. The molecule has 128 valence electrons. The lowest BCUT2D eigenvalue weighted by Gasteiger charge is -2.13. The van der Waals surface area contributed by atoms with Crippen LogP contribution in [0.15, 0.2) is 59.9 Å². The summed E-state index contributed by atoms with van der Waals surface area (Å²) in [4.78, 5) is 16.3. The van der Waals surface area contributed by atoms with Crippen LogP contribution in [-0.4, -0.2) is 31.5 Å². The highest BCUT2D eigenvalue weighted by Gasteiger charge is 2.15. The molecule has 0 aliphatic carbocycles. The molecule has 8 heteroatoms. The molecule has 3 rings (SSSR count). The maximum absolute atomic E-state index is 12.1. The van der Waals surface area contributed by atoms with Gasteiger partial charge in [-0.1, -0.05) is 48.2 Å². The summed E-state index contributed by atoms with van der Waals surface area (Å²) in [6.07, 6.45) is 1.66. The Bertz CT molecular complexity index is 837. The molecule has 1 atom stereocenters. The van der Waals surface area contributed by atoms with Gasteiger partial charge in [0.25, 0.3) is 0 Å². The van der Waals surface area contributed by atoms with Crippen molar-refractivity contribution in [2.75, 3.05) is 11.6 Å². The van der Waals surface area contributed by atoms with Gasteiger partial charge in [0.2, 0.25) is 16.9 Å². The third-order valence-electron chi connectivity index (χ3n) is 3.57. The number of nitrogens with two attached hydrogens (primary N) is 1. The topological polar surface area (TPSA) is 98.7 Å². The Balaban J connectivity index is 1.59. The summed E-state index contributed by atoms with van der Waals surface area (Å²) in [7, 11) is 0. The van der Waals surface area contributed by atoms with E-state index in [0.717, 1.165) is 5.56 Å². The Morgan fingerprint density at radius 1 is 1.20 bits per heavy atom. The Kier molecular flexibility index (Phi) is 5.30. The first-order valence-corrected chi connectivity index (χ1v) is 8.72. The molecule has 7 nitrogen and oxygen atoms in total. The van der Waals surface area contributed by atoms with Crippen molar-refractivity contribution < 1.29 is 4.79 Å². The third kappa shape index (κ3) is 4.16. The van der Waals surface area contributed by atoms with Crippen molar-refractivity contribution in [3.63, 3.8) is 0 Å². The standard InChI is InChI=1S/C17H18N6OS/c1-12(13-7-3-2-4-8-13)20-15(24)11-25-17-22-21-16(23(17)18)14-9-5-6-10-19-14/h2-10,12H,11,18H2,1H3,(H,20,24). The van der Waals surface area contributed by atoms with E-state index in [1.54, 1.807) is 12.3 Å². The summed E-state index contributed by atoms with van der Waals surface area (Å²) in [6, 6.07) is 15.2. The molecule has 1 amide bonds. The summed E-state index contributed by atoms with van der Waals surface area (Å²) >= 11 is 1.23. The number of amides is 1. The molecule has 0 aliphatic rings. The molecule has 0 saturated heterocycles. The number of aromatic nitrogens is 4. The van der Waals surface area contributed by atoms with Gasteiger partial charge in [-0.3, -0.25) is 9.78 Å². The molecule has 1 unspecified atom stereocenters. The Labute approximate surface area is 149 Å². The number of thioether (sulfide) groups is 1. The van der Waals surface area contributed by atoms with Gasteiger partial charge in [0.1, 0.15) is 5.69 Å². The van der Waals surface area contributed by atoms with Crippen molar-refractivity contribution >= 4 is 17.7 Å². The number of hydrogen-bond donors (Lipinski definition) is 2. The Morgan fingerprint density at radius 3 is 2.68 bits per heavy atom. The van der Waals surface area contributed by atoms with E-state index in [9.17, 15) is 4.79 Å². The second kappa shape index (κ2) is 7.80. The molecule has 0 spiro atoms. The smallest absolute Gasteiger partial charge is 0.230 e. The van der Waals surface area contributed by atoms with Gasteiger partial charge in [0, 0.05) is 6.20 Å². The fourth-order valence-electron chi connectivity index (χ4n) is 2.28. The highest BCUT2D eigenvalue weighted by Crippen LogP contribution is 2.20. The molecule has 1 aromatic carbocycles. The molecule has 0 bridgehead atoms. The molecule has 3 aromatic rings. The van der Waals surface area contributed by atoms with E-state index in [1.165, 1.54) is 16.4 Å². The van der Waals surface area contributed by atoms with E-state index in [1.807, 2.05) is 49.4 Å². The molecule has 0 radical (unpaired) electrons. The van der Waals surface area contributed by atoms with Crippen molar-refractivity contribution in [2.24, 2.45) is 0 Å². The molecular weight excluding hydrogens is 336 g/mol. The van der Waals surface area contributed by atoms with Crippen molar-refractivity contribution in [3.05, 3.63) is 60.3 Å². The van der Waals surface area contributed by atoms with Crippen LogP contribution in [0.25, 0.3) is 11.5 Å². The first-order chi connectivity index (χ1) is 12.1. The van der Waals surface area contributed by atoms with Gasteiger partial charge in [-0.05, 0) is 24.6 Å². The molecule has 3 N–H and O–H groups in total. The molecule has 0 aliphatic heterocycles. The number of nitrogens with zero attached hydrogens (tertiary/aromatic N) is 4. The van der Waals surface area contributed by atoms with Crippen LogP contribution in [0, 0.1) is 0 Å². The van der Waals surface area contributed by atoms with Crippen LogP contribution in [0.2, 0.25) is 0 Å². The molecule has 0 fully saturated rings. The van der Waals surface area contributed by atoms with Gasteiger partial charge in [-0.2, -0.15) is 0 Å². The zero-order valence-corrected chi connectivity index (χ0v) is 14.5. The van der Waals surface area contributed by atoms with E-state index in [-0.39, 0.29) is 17.7 Å². The monoisotopic (exact) mass is 354 g/mol. The average molecular weight is 354 g/mol. The Morgan fingerprint density at radius 2 is 1.96 bits per heavy atom. The average Bonchev–Trinajstić information content (AvgIpc) is 3.02. The third-order valence-corrected chi connectivity index (χ3v) is 4.51. The second-order valence-electron chi connectivity index (χ2n) is 5.38. The number of hydrogen-bond acceptors (Lipinski definition) is 6. The van der Waals surface area contributed by atoms with Gasteiger partial charge >= 0.3 is 0 Å². The lowest BCUT2D eigenvalue weighted by atomic mass is 10.1. The fourth-order valence-corrected chi connectivity index (χ4v) is 2.95. The number of pyridine rings is 1. The van der Waals surface area contributed by atoms with Crippen LogP contribution >= 0.6 is 11.8 Å². The molecular formula is C17H18N6OS. The minimum atomic E-state index is -0.0938. The lowest BCUT2D eigenvalue weighted by Crippen LogP contribution is -2.28. The molecule has 0 saturated carbocycles. The predicted molar refractivity (Wildman–Crippen MR) is 97.1 cm³/mol. The van der Waals surface area contributed by atoms with E-state index >= 15 is 0 Å². The maximum atomic E-state index is 12.1. The second-order valence-corrected chi connectivity index (χ2v) is 6.32. The zero-order chi connectivity index (χ0) is 17.6. The molecule has 2 heterocycles. The number of rotatable bonds is 6. The SMILES string of the molecule is CC(NC(=O)CSc1nnc(-c2ccccn2)n1N)c1ccccc1. The van der Waals surface area contributed by atoms with E-state index in [2.05, 4.69) is 20.5 Å². The number of nitrogen functional groups attached to an aromatic ring is 1. The normalized spacial score (nSPS) is 11.9. The highest BCUT2D eigenvalue weighted by molar-refractivity contribution is 7.99. The van der Waals surface area contributed by atoms with Crippen LogP contribution in [0.1, 0.15) is 18.5 Å². The highest BCUT2D eigenvalue weighted by atomic mass is 32.2. The van der Waals surface area contributed by atoms with Crippen LogP contribution in [0.5, 0.6) is 0 Å². The zero-order valence-electron chi connectivity index (χ0n) is 13.7. The van der Waals surface area contributed by atoms with E-state index in [4.69, 9.17) is 5.84 Å². The largest absolute Gasteiger partial charge is 0.349 e. The van der Waals surface area contributed by atoms with E-state index in [0.29, 0.717) is 16.7 Å². The van der Waals surface area contributed by atoms with Gasteiger partial charge in [-0.25, -0.2) is 4.68 Å². The van der Waals surface area contributed by atoms with Crippen LogP contribution in [-0.2, 0) is 4.79 Å². The van der Waals surface area contributed by atoms with Crippen molar-refractivity contribution in [2.45, 2.75) is 18.1 Å². The maximum Gasteiger partial charge on any atom is 0.230 e. The quantitative estimate of drug-likeness (QED) is 0.519. The lowest BCUT2D eigenvalue weighted by molar-refractivity contribution is -0.119. The summed E-state index contributed by atoms with van der Waals surface area (Å²) in [5.41, 5.74) is 1.69. The van der Waals surface area contributed by atoms with Crippen LogP contribution in [0.3, 0.4) is 0 Å². The van der Waals surface area contributed by atoms with Gasteiger partial charge < -0.3 is 11.2 Å². The van der Waals surface area contributed by atoms with Crippen molar-refractivity contribution in [1.29, 1.82) is 0 Å². The first-order valence-electron chi connectivity index (χ1n) is 7.74. The van der Waals surface area contributed by atoms with Crippen molar-refractivity contribution in [1.82, 2.24) is 25.2 Å². The minimum Gasteiger partial charge on any atom is -0.349 e. The van der Waals surface area contributed by atoms with Gasteiger partial charge in [-0.15, -0.1) is 10.2 Å². The molecule has 25 heavy (non-hydrogen) atoms. The van der Waals surface area contributed by atoms with E-state index < -0.39 is 0 Å². The number of nitrogens with one attached hydrogen (secondary N) is 1. The van der Waals surface area contributed by atoms with Crippen molar-refractivity contribution in [3.8, 4) is 11.5 Å².